The SMILES string of the molecule is C=Cc1cc(C)c(NC(=O)Nc2cc3ccccc3cc2C(=O)N[C@](C)(C(=O)O)C2CCCCC2)c(C)c1. The van der Waals surface area contributed by atoms with Gasteiger partial charge in [0.1, 0.15) is 5.54 Å². The zero-order chi connectivity index (χ0) is 27.4. The molecule has 7 nitrogen and oxygen atoms in total. The van der Waals surface area contributed by atoms with Gasteiger partial charge in [-0.1, -0.05) is 56.2 Å². The molecule has 1 aliphatic rings. The predicted octanol–water partition coefficient (Wildman–Crippen LogP) is 6.90. The number of carboxylic acids is 1. The molecule has 7 heteroatoms. The lowest BCUT2D eigenvalue weighted by molar-refractivity contribution is -0.146. The Kier molecular flexibility index (Phi) is 7.86. The summed E-state index contributed by atoms with van der Waals surface area (Å²) < 4.78 is 0. The van der Waals surface area contributed by atoms with Gasteiger partial charge >= 0.3 is 12.0 Å². The molecule has 4 N–H and O–H groups in total. The second kappa shape index (κ2) is 11.1. The van der Waals surface area contributed by atoms with Crippen LogP contribution in [0.3, 0.4) is 0 Å². The molecular formula is C31H35N3O4. The smallest absolute Gasteiger partial charge is 0.329 e. The number of benzene rings is 3. The van der Waals surface area contributed by atoms with Gasteiger partial charge < -0.3 is 21.1 Å². The molecule has 198 valence electrons. The fourth-order valence-corrected chi connectivity index (χ4v) is 5.42. The molecule has 1 fully saturated rings. The van der Waals surface area contributed by atoms with Gasteiger partial charge in [-0.05, 0) is 91.3 Å². The Morgan fingerprint density at radius 3 is 2.13 bits per heavy atom. The molecule has 3 aromatic carbocycles. The minimum atomic E-state index is -1.41. The summed E-state index contributed by atoms with van der Waals surface area (Å²) in [5.41, 5.74) is 2.50. The summed E-state index contributed by atoms with van der Waals surface area (Å²) in [5, 5.41) is 20.3. The molecule has 0 aromatic heterocycles. The van der Waals surface area contributed by atoms with E-state index < -0.39 is 23.4 Å². The third kappa shape index (κ3) is 5.57. The zero-order valence-corrected chi connectivity index (χ0v) is 22.2. The number of rotatable bonds is 7. The van der Waals surface area contributed by atoms with E-state index in [1.165, 1.54) is 0 Å². The summed E-state index contributed by atoms with van der Waals surface area (Å²) in [7, 11) is 0. The van der Waals surface area contributed by atoms with E-state index in [-0.39, 0.29) is 11.5 Å². The van der Waals surface area contributed by atoms with Crippen LogP contribution in [-0.2, 0) is 4.79 Å². The molecule has 0 saturated heterocycles. The highest BCUT2D eigenvalue weighted by molar-refractivity contribution is 6.10. The van der Waals surface area contributed by atoms with Crippen molar-refractivity contribution in [1.82, 2.24) is 5.32 Å². The molecule has 0 aliphatic heterocycles. The summed E-state index contributed by atoms with van der Waals surface area (Å²) in [5.74, 6) is -1.76. The average Bonchev–Trinajstić information content (AvgIpc) is 2.90. The van der Waals surface area contributed by atoms with Crippen LogP contribution < -0.4 is 16.0 Å². The van der Waals surface area contributed by atoms with Gasteiger partial charge in [-0.15, -0.1) is 0 Å². The van der Waals surface area contributed by atoms with Gasteiger partial charge in [0.2, 0.25) is 0 Å². The quantitative estimate of drug-likeness (QED) is 0.276. The van der Waals surface area contributed by atoms with Crippen molar-refractivity contribution in [2.75, 3.05) is 10.6 Å². The Hall–Kier alpha value is -4.13. The molecule has 1 atom stereocenters. The van der Waals surface area contributed by atoms with E-state index in [9.17, 15) is 19.5 Å². The van der Waals surface area contributed by atoms with Crippen LogP contribution in [0.2, 0.25) is 0 Å². The number of aryl methyl sites for hydroxylation is 2. The normalized spacial score (nSPS) is 15.3. The van der Waals surface area contributed by atoms with Crippen molar-refractivity contribution in [3.05, 3.63) is 77.4 Å². The van der Waals surface area contributed by atoms with Crippen LogP contribution in [0, 0.1) is 19.8 Å². The van der Waals surface area contributed by atoms with Crippen molar-refractivity contribution in [2.45, 2.75) is 58.4 Å². The minimum Gasteiger partial charge on any atom is -0.480 e. The lowest BCUT2D eigenvalue weighted by atomic mass is 9.75. The third-order valence-electron chi connectivity index (χ3n) is 7.65. The van der Waals surface area contributed by atoms with Crippen LogP contribution in [0.5, 0.6) is 0 Å². The number of fused-ring (bicyclic) bond motifs is 1. The number of nitrogens with one attached hydrogen (secondary N) is 3. The largest absolute Gasteiger partial charge is 0.480 e. The fourth-order valence-electron chi connectivity index (χ4n) is 5.42. The highest BCUT2D eigenvalue weighted by atomic mass is 16.4. The predicted molar refractivity (Wildman–Crippen MR) is 153 cm³/mol. The number of carbonyl (C=O) groups excluding carboxylic acids is 2. The van der Waals surface area contributed by atoms with E-state index in [1.807, 2.05) is 50.2 Å². The van der Waals surface area contributed by atoms with Crippen LogP contribution in [0.1, 0.15) is 66.1 Å². The van der Waals surface area contributed by atoms with E-state index in [2.05, 4.69) is 22.5 Å². The number of aliphatic carboxylic acids is 1. The van der Waals surface area contributed by atoms with E-state index in [0.29, 0.717) is 11.4 Å². The molecular weight excluding hydrogens is 478 g/mol. The first-order valence-corrected chi connectivity index (χ1v) is 13.0. The molecule has 1 aliphatic carbocycles. The molecule has 0 heterocycles. The van der Waals surface area contributed by atoms with Crippen LogP contribution in [-0.4, -0.2) is 28.6 Å². The van der Waals surface area contributed by atoms with Crippen molar-refractivity contribution >= 4 is 46.1 Å². The molecule has 0 spiro atoms. The van der Waals surface area contributed by atoms with Gasteiger partial charge in [0, 0.05) is 5.69 Å². The van der Waals surface area contributed by atoms with Gasteiger partial charge in [0.25, 0.3) is 5.91 Å². The monoisotopic (exact) mass is 513 g/mol. The summed E-state index contributed by atoms with van der Waals surface area (Å²) in [6.45, 7) is 9.20. The second-order valence-electron chi connectivity index (χ2n) is 10.4. The van der Waals surface area contributed by atoms with E-state index >= 15 is 0 Å². The standard InChI is InChI=1S/C31H35N3O4/c1-5-21-15-19(2)27(20(3)16-21)33-30(38)32-26-18-23-12-10-9-11-22(23)17-25(26)28(35)34-31(4,29(36)37)24-13-7-6-8-14-24/h5,9-12,15-18,24H,1,6-8,13-14H2,2-4H3,(H,34,35)(H,36,37)(H2,32,33,38)/t31-/m0/s1. The second-order valence-corrected chi connectivity index (χ2v) is 10.4. The van der Waals surface area contributed by atoms with Crippen LogP contribution in [0.4, 0.5) is 16.2 Å². The van der Waals surface area contributed by atoms with Crippen molar-refractivity contribution in [3.8, 4) is 0 Å². The molecule has 0 radical (unpaired) electrons. The number of hydrogen-bond donors (Lipinski definition) is 4. The van der Waals surface area contributed by atoms with Crippen molar-refractivity contribution in [3.63, 3.8) is 0 Å². The van der Waals surface area contributed by atoms with Crippen LogP contribution in [0.25, 0.3) is 16.8 Å². The van der Waals surface area contributed by atoms with Gasteiger partial charge in [-0.25, -0.2) is 9.59 Å². The first kappa shape index (κ1) is 26.9. The molecule has 4 rings (SSSR count). The van der Waals surface area contributed by atoms with Gasteiger partial charge in [-0.3, -0.25) is 4.79 Å². The maximum atomic E-state index is 13.6. The number of anilines is 2. The Labute approximate surface area is 223 Å². The molecule has 0 bridgehead atoms. The number of carbonyl (C=O) groups is 3. The topological polar surface area (TPSA) is 108 Å². The molecule has 3 aromatic rings. The Morgan fingerprint density at radius 2 is 1.55 bits per heavy atom. The van der Waals surface area contributed by atoms with E-state index in [0.717, 1.165) is 59.6 Å². The van der Waals surface area contributed by atoms with Gasteiger partial charge in [-0.2, -0.15) is 0 Å². The van der Waals surface area contributed by atoms with E-state index in [1.54, 1.807) is 25.1 Å². The fraction of sp³-hybridized carbons (Fsp3) is 0.323. The number of urea groups is 1. The molecule has 1 saturated carbocycles. The zero-order valence-electron chi connectivity index (χ0n) is 22.2. The van der Waals surface area contributed by atoms with Crippen molar-refractivity contribution in [2.24, 2.45) is 5.92 Å². The van der Waals surface area contributed by atoms with Crippen LogP contribution in [0.15, 0.2) is 55.1 Å². The lowest BCUT2D eigenvalue weighted by Gasteiger charge is -2.37. The lowest BCUT2D eigenvalue weighted by Crippen LogP contribution is -2.57. The molecule has 38 heavy (non-hydrogen) atoms. The molecule has 3 amide bonds. The third-order valence-corrected chi connectivity index (χ3v) is 7.65. The Morgan fingerprint density at radius 1 is 0.947 bits per heavy atom. The van der Waals surface area contributed by atoms with Crippen LogP contribution >= 0.6 is 0 Å². The summed E-state index contributed by atoms with van der Waals surface area (Å²) in [4.78, 5) is 39.1. The Bertz CT molecular complexity index is 1380. The number of hydrogen-bond acceptors (Lipinski definition) is 3. The van der Waals surface area contributed by atoms with Crippen molar-refractivity contribution < 1.29 is 19.5 Å². The van der Waals surface area contributed by atoms with Gasteiger partial charge in [0.05, 0.1) is 11.3 Å². The summed E-state index contributed by atoms with van der Waals surface area (Å²) >= 11 is 0. The maximum Gasteiger partial charge on any atom is 0.329 e. The highest BCUT2D eigenvalue weighted by Crippen LogP contribution is 2.34. The summed E-state index contributed by atoms with van der Waals surface area (Å²) in [6, 6.07) is 14.3. The van der Waals surface area contributed by atoms with Crippen molar-refractivity contribution in [1.29, 1.82) is 0 Å². The molecule has 0 unspecified atom stereocenters. The maximum absolute atomic E-state index is 13.6. The first-order valence-electron chi connectivity index (χ1n) is 13.0. The first-order chi connectivity index (χ1) is 18.1. The Balaban J connectivity index is 1.66. The average molecular weight is 514 g/mol. The summed E-state index contributed by atoms with van der Waals surface area (Å²) in [6.07, 6.45) is 6.21. The minimum absolute atomic E-state index is 0.164. The number of carboxylic acid groups (broad SMARTS) is 1. The number of amides is 3. The van der Waals surface area contributed by atoms with E-state index in [4.69, 9.17) is 0 Å². The van der Waals surface area contributed by atoms with Gasteiger partial charge in [0.15, 0.2) is 0 Å². The highest BCUT2D eigenvalue weighted by Gasteiger charge is 2.43.